The van der Waals surface area contributed by atoms with Gasteiger partial charge in [-0.3, -0.25) is 4.79 Å². The molecule has 1 atom stereocenters. The van der Waals surface area contributed by atoms with Gasteiger partial charge in [0.25, 0.3) is 0 Å². The standard InChI is InChI=1S/C14H26N2O3/c1-3-10-5-7-12(8-6-10)16-14(19)15-9-11(4-2)13(17)18/h10-12H,3-9H2,1-2H3,(H,17,18)(H2,15,16,19). The van der Waals surface area contributed by atoms with E-state index in [1.807, 2.05) is 6.92 Å². The molecular formula is C14H26N2O3. The number of carboxylic acid groups (broad SMARTS) is 1. The van der Waals surface area contributed by atoms with Gasteiger partial charge in [0, 0.05) is 12.6 Å². The third kappa shape index (κ3) is 5.49. The summed E-state index contributed by atoms with van der Waals surface area (Å²) in [7, 11) is 0. The summed E-state index contributed by atoms with van der Waals surface area (Å²) in [5.74, 6) is -0.551. The van der Waals surface area contributed by atoms with Crippen LogP contribution in [0.5, 0.6) is 0 Å². The van der Waals surface area contributed by atoms with E-state index in [4.69, 9.17) is 5.11 Å². The highest BCUT2D eigenvalue weighted by atomic mass is 16.4. The Balaban J connectivity index is 2.23. The van der Waals surface area contributed by atoms with E-state index in [2.05, 4.69) is 17.6 Å². The van der Waals surface area contributed by atoms with Gasteiger partial charge in [0.2, 0.25) is 0 Å². The van der Waals surface area contributed by atoms with Crippen LogP contribution in [0.4, 0.5) is 4.79 Å². The SMILES string of the molecule is CCC1CCC(NC(=O)NCC(CC)C(=O)O)CC1. The summed E-state index contributed by atoms with van der Waals surface area (Å²) < 4.78 is 0. The maximum absolute atomic E-state index is 11.7. The lowest BCUT2D eigenvalue weighted by molar-refractivity contribution is -0.141. The lowest BCUT2D eigenvalue weighted by Crippen LogP contribution is -2.45. The minimum Gasteiger partial charge on any atom is -0.481 e. The third-order valence-corrected chi connectivity index (χ3v) is 4.11. The molecule has 2 amide bonds. The summed E-state index contributed by atoms with van der Waals surface area (Å²) in [6.07, 6.45) is 6.15. The van der Waals surface area contributed by atoms with Gasteiger partial charge in [0.15, 0.2) is 0 Å². The quantitative estimate of drug-likeness (QED) is 0.693. The highest BCUT2D eigenvalue weighted by Crippen LogP contribution is 2.26. The van der Waals surface area contributed by atoms with Gasteiger partial charge in [0.05, 0.1) is 5.92 Å². The van der Waals surface area contributed by atoms with Crippen molar-refractivity contribution in [2.75, 3.05) is 6.54 Å². The van der Waals surface area contributed by atoms with Crippen molar-refractivity contribution >= 4 is 12.0 Å². The molecule has 1 fully saturated rings. The molecule has 0 heterocycles. The van der Waals surface area contributed by atoms with Gasteiger partial charge < -0.3 is 15.7 Å². The summed E-state index contributed by atoms with van der Waals surface area (Å²) in [6.45, 7) is 4.22. The van der Waals surface area contributed by atoms with Gasteiger partial charge in [-0.1, -0.05) is 20.3 Å². The molecule has 1 rings (SSSR count). The van der Waals surface area contributed by atoms with Crippen LogP contribution in [0.25, 0.3) is 0 Å². The number of aliphatic carboxylic acids is 1. The van der Waals surface area contributed by atoms with E-state index >= 15 is 0 Å². The molecular weight excluding hydrogens is 244 g/mol. The third-order valence-electron chi connectivity index (χ3n) is 4.11. The van der Waals surface area contributed by atoms with E-state index in [-0.39, 0.29) is 18.6 Å². The van der Waals surface area contributed by atoms with Crippen LogP contribution in [0, 0.1) is 11.8 Å². The normalized spacial score (nSPS) is 24.5. The smallest absolute Gasteiger partial charge is 0.315 e. The number of rotatable bonds is 6. The number of hydrogen-bond donors (Lipinski definition) is 3. The maximum atomic E-state index is 11.7. The van der Waals surface area contributed by atoms with Crippen molar-refractivity contribution in [2.45, 2.75) is 58.4 Å². The van der Waals surface area contributed by atoms with Crippen molar-refractivity contribution in [1.82, 2.24) is 10.6 Å². The zero-order valence-electron chi connectivity index (χ0n) is 11.9. The zero-order chi connectivity index (χ0) is 14.3. The van der Waals surface area contributed by atoms with Crippen LogP contribution in [0.1, 0.15) is 52.4 Å². The summed E-state index contributed by atoms with van der Waals surface area (Å²) in [5.41, 5.74) is 0. The Bertz CT molecular complexity index is 299. The van der Waals surface area contributed by atoms with Gasteiger partial charge >= 0.3 is 12.0 Å². The average molecular weight is 270 g/mol. The van der Waals surface area contributed by atoms with Crippen LogP contribution in [-0.2, 0) is 4.79 Å². The second kappa shape index (κ2) is 8.02. The molecule has 0 aliphatic heterocycles. The second-order valence-electron chi connectivity index (χ2n) is 5.42. The molecule has 3 N–H and O–H groups in total. The molecule has 19 heavy (non-hydrogen) atoms. The van der Waals surface area contributed by atoms with E-state index < -0.39 is 11.9 Å². The number of urea groups is 1. The number of carbonyl (C=O) groups is 2. The van der Waals surface area contributed by atoms with Crippen molar-refractivity contribution in [3.63, 3.8) is 0 Å². The van der Waals surface area contributed by atoms with E-state index in [0.29, 0.717) is 6.42 Å². The highest BCUT2D eigenvalue weighted by Gasteiger charge is 2.22. The molecule has 0 aromatic rings. The Kier molecular flexibility index (Phi) is 6.67. The number of carbonyl (C=O) groups excluding carboxylic acids is 1. The van der Waals surface area contributed by atoms with E-state index in [1.54, 1.807) is 0 Å². The molecule has 0 saturated heterocycles. The van der Waals surface area contributed by atoms with Gasteiger partial charge in [-0.2, -0.15) is 0 Å². The fourth-order valence-electron chi connectivity index (χ4n) is 2.57. The van der Waals surface area contributed by atoms with E-state index in [0.717, 1.165) is 18.8 Å². The summed E-state index contributed by atoms with van der Waals surface area (Å²) in [4.78, 5) is 22.5. The number of nitrogens with one attached hydrogen (secondary N) is 2. The van der Waals surface area contributed by atoms with Gasteiger partial charge in [-0.05, 0) is 38.0 Å². The van der Waals surface area contributed by atoms with Gasteiger partial charge in [-0.25, -0.2) is 4.79 Å². The molecule has 1 saturated carbocycles. The van der Waals surface area contributed by atoms with Crippen LogP contribution >= 0.6 is 0 Å². The van der Waals surface area contributed by atoms with Crippen molar-refractivity contribution in [3.05, 3.63) is 0 Å². The Morgan fingerprint density at radius 2 is 1.84 bits per heavy atom. The predicted molar refractivity (Wildman–Crippen MR) is 74.0 cm³/mol. The molecule has 0 radical (unpaired) electrons. The van der Waals surface area contributed by atoms with Gasteiger partial charge in [-0.15, -0.1) is 0 Å². The minimum absolute atomic E-state index is 0.196. The first-order valence-electron chi connectivity index (χ1n) is 7.33. The monoisotopic (exact) mass is 270 g/mol. The van der Waals surface area contributed by atoms with Crippen molar-refractivity contribution in [2.24, 2.45) is 11.8 Å². The summed E-state index contributed by atoms with van der Waals surface area (Å²) >= 11 is 0. The second-order valence-corrected chi connectivity index (χ2v) is 5.42. The fourth-order valence-corrected chi connectivity index (χ4v) is 2.57. The van der Waals surface area contributed by atoms with E-state index in [9.17, 15) is 9.59 Å². The molecule has 1 unspecified atom stereocenters. The van der Waals surface area contributed by atoms with Crippen LogP contribution in [-0.4, -0.2) is 29.7 Å². The van der Waals surface area contributed by atoms with Gasteiger partial charge in [0.1, 0.15) is 0 Å². The molecule has 110 valence electrons. The molecule has 5 heteroatoms. The first-order valence-corrected chi connectivity index (χ1v) is 7.33. The predicted octanol–water partition coefficient (Wildman–Crippen LogP) is 2.37. The minimum atomic E-state index is -0.855. The maximum Gasteiger partial charge on any atom is 0.315 e. The Morgan fingerprint density at radius 3 is 2.32 bits per heavy atom. The van der Waals surface area contributed by atoms with Crippen LogP contribution in [0.2, 0.25) is 0 Å². The Labute approximate surface area is 115 Å². The molecule has 1 aliphatic carbocycles. The van der Waals surface area contributed by atoms with Crippen molar-refractivity contribution < 1.29 is 14.7 Å². The largest absolute Gasteiger partial charge is 0.481 e. The first kappa shape index (κ1) is 15.8. The van der Waals surface area contributed by atoms with Crippen LogP contribution < -0.4 is 10.6 Å². The Morgan fingerprint density at radius 1 is 1.21 bits per heavy atom. The van der Waals surface area contributed by atoms with Crippen LogP contribution in [0.3, 0.4) is 0 Å². The van der Waals surface area contributed by atoms with Crippen molar-refractivity contribution in [1.29, 1.82) is 0 Å². The molecule has 5 nitrogen and oxygen atoms in total. The number of hydrogen-bond acceptors (Lipinski definition) is 2. The van der Waals surface area contributed by atoms with E-state index in [1.165, 1.54) is 19.3 Å². The lowest BCUT2D eigenvalue weighted by atomic mass is 9.85. The summed E-state index contributed by atoms with van der Waals surface area (Å²) in [6, 6.07) is 0.00681. The van der Waals surface area contributed by atoms with Crippen LogP contribution in [0.15, 0.2) is 0 Å². The molecule has 0 aromatic heterocycles. The molecule has 0 spiro atoms. The first-order chi connectivity index (χ1) is 9.06. The number of carboxylic acids is 1. The molecule has 0 aromatic carbocycles. The summed E-state index contributed by atoms with van der Waals surface area (Å²) in [5, 5.41) is 14.5. The lowest BCUT2D eigenvalue weighted by Gasteiger charge is -2.28. The average Bonchev–Trinajstić information content (AvgIpc) is 2.40. The Hall–Kier alpha value is -1.26. The number of amides is 2. The zero-order valence-corrected chi connectivity index (χ0v) is 11.9. The highest BCUT2D eigenvalue weighted by molar-refractivity contribution is 5.76. The van der Waals surface area contributed by atoms with Crippen molar-refractivity contribution in [3.8, 4) is 0 Å². The molecule has 0 bridgehead atoms. The topological polar surface area (TPSA) is 78.4 Å². The fraction of sp³-hybridized carbons (Fsp3) is 0.857. The molecule has 1 aliphatic rings.